The zero-order valence-corrected chi connectivity index (χ0v) is 11.0. The molecule has 0 spiro atoms. The quantitative estimate of drug-likeness (QED) is 0.769. The van der Waals surface area contributed by atoms with Gasteiger partial charge in [-0.15, -0.1) is 0 Å². The number of nitrogens with one attached hydrogen (secondary N) is 1. The number of rotatable bonds is 7. The summed E-state index contributed by atoms with van der Waals surface area (Å²) in [6.07, 6.45) is 6.26. The summed E-state index contributed by atoms with van der Waals surface area (Å²) < 4.78 is 2.23. The topological polar surface area (TPSA) is 29.9 Å². The Bertz CT molecular complexity index is 293. The summed E-state index contributed by atoms with van der Waals surface area (Å²) >= 11 is 0. The number of imidazole rings is 1. The molecule has 3 nitrogen and oxygen atoms in total. The molecule has 16 heavy (non-hydrogen) atoms. The third kappa shape index (κ3) is 3.97. The molecule has 92 valence electrons. The SMILES string of the molecule is CCNC(C)CC(C)Cc1nccn1CC. The van der Waals surface area contributed by atoms with Crippen molar-refractivity contribution in [3.8, 4) is 0 Å². The zero-order valence-electron chi connectivity index (χ0n) is 11.0. The van der Waals surface area contributed by atoms with Crippen molar-refractivity contribution >= 4 is 0 Å². The van der Waals surface area contributed by atoms with Crippen LogP contribution in [0.3, 0.4) is 0 Å². The van der Waals surface area contributed by atoms with E-state index in [0.717, 1.165) is 19.5 Å². The maximum absolute atomic E-state index is 4.42. The number of hydrogen-bond acceptors (Lipinski definition) is 2. The lowest BCUT2D eigenvalue weighted by molar-refractivity contribution is 0.416. The van der Waals surface area contributed by atoms with Crippen molar-refractivity contribution < 1.29 is 0 Å². The average Bonchev–Trinajstić information content (AvgIpc) is 2.65. The van der Waals surface area contributed by atoms with Gasteiger partial charge in [-0.3, -0.25) is 0 Å². The maximum atomic E-state index is 4.42. The molecule has 0 fully saturated rings. The van der Waals surface area contributed by atoms with E-state index in [1.807, 2.05) is 6.20 Å². The molecule has 0 amide bonds. The molecule has 1 N–H and O–H groups in total. The molecule has 0 aliphatic heterocycles. The molecule has 0 aromatic carbocycles. The second-order valence-corrected chi connectivity index (χ2v) is 4.63. The highest BCUT2D eigenvalue weighted by atomic mass is 15.0. The van der Waals surface area contributed by atoms with Crippen molar-refractivity contribution in [2.75, 3.05) is 6.54 Å². The van der Waals surface area contributed by atoms with Gasteiger partial charge in [0.1, 0.15) is 5.82 Å². The summed E-state index contributed by atoms with van der Waals surface area (Å²) in [6.45, 7) is 11.0. The summed E-state index contributed by atoms with van der Waals surface area (Å²) in [4.78, 5) is 4.42. The molecule has 3 heteroatoms. The van der Waals surface area contributed by atoms with Gasteiger partial charge in [0.25, 0.3) is 0 Å². The highest BCUT2D eigenvalue weighted by Crippen LogP contribution is 2.12. The second-order valence-electron chi connectivity index (χ2n) is 4.63. The number of nitrogens with zero attached hydrogens (tertiary/aromatic N) is 2. The number of aromatic nitrogens is 2. The molecule has 0 saturated heterocycles. The van der Waals surface area contributed by atoms with Gasteiger partial charge in [-0.1, -0.05) is 13.8 Å². The molecular formula is C13H25N3. The van der Waals surface area contributed by atoms with E-state index in [-0.39, 0.29) is 0 Å². The first-order valence-corrected chi connectivity index (χ1v) is 6.40. The minimum atomic E-state index is 0.602. The molecule has 0 aliphatic carbocycles. The van der Waals surface area contributed by atoms with Gasteiger partial charge >= 0.3 is 0 Å². The molecule has 0 saturated carbocycles. The lowest BCUT2D eigenvalue weighted by atomic mass is 9.99. The number of hydrogen-bond donors (Lipinski definition) is 1. The third-order valence-corrected chi connectivity index (χ3v) is 2.98. The van der Waals surface area contributed by atoms with E-state index in [0.29, 0.717) is 12.0 Å². The molecule has 1 aromatic rings. The van der Waals surface area contributed by atoms with Crippen LogP contribution in [0, 0.1) is 5.92 Å². The highest BCUT2D eigenvalue weighted by Gasteiger charge is 2.11. The van der Waals surface area contributed by atoms with E-state index in [9.17, 15) is 0 Å². The molecule has 2 unspecified atom stereocenters. The minimum Gasteiger partial charge on any atom is -0.335 e. The monoisotopic (exact) mass is 223 g/mol. The molecule has 1 aromatic heterocycles. The Hall–Kier alpha value is -0.830. The Morgan fingerprint density at radius 3 is 2.75 bits per heavy atom. The summed E-state index contributed by atoms with van der Waals surface area (Å²) in [5.74, 6) is 1.90. The summed E-state index contributed by atoms with van der Waals surface area (Å²) in [7, 11) is 0. The van der Waals surface area contributed by atoms with Crippen LogP contribution in [0.15, 0.2) is 12.4 Å². The van der Waals surface area contributed by atoms with Crippen molar-refractivity contribution in [3.05, 3.63) is 18.2 Å². The van der Waals surface area contributed by atoms with Gasteiger partial charge in [-0.25, -0.2) is 4.98 Å². The van der Waals surface area contributed by atoms with Crippen LogP contribution < -0.4 is 5.32 Å². The van der Waals surface area contributed by atoms with Crippen molar-refractivity contribution in [2.24, 2.45) is 5.92 Å². The highest BCUT2D eigenvalue weighted by molar-refractivity contribution is 4.93. The van der Waals surface area contributed by atoms with Gasteiger partial charge in [0.2, 0.25) is 0 Å². The summed E-state index contributed by atoms with van der Waals surface area (Å²) in [5, 5.41) is 3.46. The molecular weight excluding hydrogens is 198 g/mol. The largest absolute Gasteiger partial charge is 0.335 e. The molecule has 2 atom stereocenters. The lowest BCUT2D eigenvalue weighted by Crippen LogP contribution is -2.28. The van der Waals surface area contributed by atoms with Gasteiger partial charge in [-0.05, 0) is 32.7 Å². The zero-order chi connectivity index (χ0) is 12.0. The average molecular weight is 223 g/mol. The first kappa shape index (κ1) is 13.2. The van der Waals surface area contributed by atoms with Crippen LogP contribution in [-0.2, 0) is 13.0 Å². The van der Waals surface area contributed by atoms with Crippen molar-refractivity contribution in [1.82, 2.24) is 14.9 Å². The van der Waals surface area contributed by atoms with Gasteiger partial charge in [0.15, 0.2) is 0 Å². The fourth-order valence-electron chi connectivity index (χ4n) is 2.25. The van der Waals surface area contributed by atoms with Crippen LogP contribution in [0.1, 0.15) is 39.9 Å². The molecule has 1 heterocycles. The van der Waals surface area contributed by atoms with Crippen LogP contribution >= 0.6 is 0 Å². The fraction of sp³-hybridized carbons (Fsp3) is 0.769. The first-order chi connectivity index (χ1) is 7.67. The molecule has 0 radical (unpaired) electrons. The second kappa shape index (κ2) is 6.69. The summed E-state index contributed by atoms with van der Waals surface area (Å²) in [6, 6.07) is 0.602. The van der Waals surface area contributed by atoms with E-state index < -0.39 is 0 Å². The van der Waals surface area contributed by atoms with Crippen LogP contribution in [0.25, 0.3) is 0 Å². The lowest BCUT2D eigenvalue weighted by Gasteiger charge is -2.18. The van der Waals surface area contributed by atoms with E-state index in [1.165, 1.54) is 12.2 Å². The smallest absolute Gasteiger partial charge is 0.108 e. The van der Waals surface area contributed by atoms with E-state index >= 15 is 0 Å². The van der Waals surface area contributed by atoms with Crippen LogP contribution in [0.4, 0.5) is 0 Å². The minimum absolute atomic E-state index is 0.602. The van der Waals surface area contributed by atoms with Gasteiger partial charge < -0.3 is 9.88 Å². The van der Waals surface area contributed by atoms with Crippen molar-refractivity contribution in [2.45, 2.75) is 53.1 Å². The first-order valence-electron chi connectivity index (χ1n) is 6.40. The Labute approximate surface area is 99.3 Å². The maximum Gasteiger partial charge on any atom is 0.108 e. The van der Waals surface area contributed by atoms with E-state index in [2.05, 4.69) is 48.8 Å². The molecule has 0 bridgehead atoms. The molecule has 1 rings (SSSR count). The third-order valence-electron chi connectivity index (χ3n) is 2.98. The summed E-state index contributed by atoms with van der Waals surface area (Å²) in [5.41, 5.74) is 0. The van der Waals surface area contributed by atoms with Crippen LogP contribution in [0.5, 0.6) is 0 Å². The Kier molecular flexibility index (Phi) is 5.53. The van der Waals surface area contributed by atoms with Gasteiger partial charge in [0, 0.05) is 31.4 Å². The normalized spacial score (nSPS) is 15.0. The predicted molar refractivity (Wildman–Crippen MR) is 68.5 cm³/mol. The standard InChI is InChI=1S/C13H25N3/c1-5-14-12(4)9-11(3)10-13-15-7-8-16(13)6-2/h7-8,11-12,14H,5-6,9-10H2,1-4H3. The van der Waals surface area contributed by atoms with E-state index in [4.69, 9.17) is 0 Å². The Morgan fingerprint density at radius 2 is 2.12 bits per heavy atom. The number of aryl methyl sites for hydroxylation is 1. The Morgan fingerprint density at radius 1 is 1.38 bits per heavy atom. The van der Waals surface area contributed by atoms with Crippen molar-refractivity contribution in [1.29, 1.82) is 0 Å². The fourth-order valence-corrected chi connectivity index (χ4v) is 2.25. The predicted octanol–water partition coefficient (Wildman–Crippen LogP) is 2.47. The van der Waals surface area contributed by atoms with Gasteiger partial charge in [0.05, 0.1) is 0 Å². The van der Waals surface area contributed by atoms with Crippen molar-refractivity contribution in [3.63, 3.8) is 0 Å². The van der Waals surface area contributed by atoms with Crippen LogP contribution in [0.2, 0.25) is 0 Å². The Balaban J connectivity index is 2.42. The molecule has 0 aliphatic rings. The van der Waals surface area contributed by atoms with E-state index in [1.54, 1.807) is 0 Å². The van der Waals surface area contributed by atoms with Crippen LogP contribution in [-0.4, -0.2) is 22.1 Å². The van der Waals surface area contributed by atoms with Gasteiger partial charge in [-0.2, -0.15) is 0 Å².